The summed E-state index contributed by atoms with van der Waals surface area (Å²) < 4.78 is 4.55. The minimum absolute atomic E-state index is 0.114. The van der Waals surface area contributed by atoms with Gasteiger partial charge in [0.25, 0.3) is 5.56 Å². The van der Waals surface area contributed by atoms with Gasteiger partial charge in [0.05, 0.1) is 18.3 Å². The van der Waals surface area contributed by atoms with Gasteiger partial charge in [-0.2, -0.15) is 10.1 Å². The van der Waals surface area contributed by atoms with Crippen molar-refractivity contribution in [3.63, 3.8) is 0 Å². The van der Waals surface area contributed by atoms with Crippen molar-refractivity contribution in [2.75, 3.05) is 11.6 Å². The number of aryl methyl sites for hydroxylation is 1. The Kier molecular flexibility index (Phi) is 4.67. The molecule has 2 aromatic heterocycles. The van der Waals surface area contributed by atoms with Crippen LogP contribution in [0.3, 0.4) is 0 Å². The largest absolute Gasteiger partial charge is 0.332 e. The first-order valence-electron chi connectivity index (χ1n) is 8.69. The number of fused-ring (bicyclic) bond motifs is 3. The minimum Gasteiger partial charge on any atom is -0.294 e. The van der Waals surface area contributed by atoms with Crippen molar-refractivity contribution in [3.05, 3.63) is 45.1 Å². The summed E-state index contributed by atoms with van der Waals surface area (Å²) in [6.45, 7) is 8.50. The van der Waals surface area contributed by atoms with E-state index in [9.17, 15) is 9.59 Å². The van der Waals surface area contributed by atoms with Crippen molar-refractivity contribution in [3.8, 4) is 0 Å². The first kappa shape index (κ1) is 17.9. The van der Waals surface area contributed by atoms with Crippen LogP contribution in [0.15, 0.2) is 39.0 Å². The predicted octanol–water partition coefficient (Wildman–Crippen LogP) is 1.81. The average Bonchev–Trinajstić information content (AvgIpc) is 3.03. The Hall–Kier alpha value is -2.90. The second-order valence-electron chi connectivity index (χ2n) is 6.35. The fraction of sp³-hybridized carbons (Fsp3) is 0.444. The second-order valence-corrected chi connectivity index (χ2v) is 6.35. The van der Waals surface area contributed by atoms with E-state index in [2.05, 4.69) is 10.1 Å². The first-order chi connectivity index (χ1) is 12.4. The van der Waals surface area contributed by atoms with Crippen molar-refractivity contribution in [1.82, 2.24) is 18.7 Å². The number of hydrogen-bond acceptors (Lipinski definition) is 5. The van der Waals surface area contributed by atoms with E-state index in [-0.39, 0.29) is 23.8 Å². The van der Waals surface area contributed by atoms with Gasteiger partial charge >= 0.3 is 5.69 Å². The molecule has 0 saturated carbocycles. The van der Waals surface area contributed by atoms with Crippen LogP contribution in [0.2, 0.25) is 0 Å². The summed E-state index contributed by atoms with van der Waals surface area (Å²) in [6, 6.07) is -0.114. The van der Waals surface area contributed by atoms with E-state index in [1.165, 1.54) is 9.13 Å². The monoisotopic (exact) mass is 356 g/mol. The van der Waals surface area contributed by atoms with Gasteiger partial charge in [0, 0.05) is 13.6 Å². The number of nitrogens with zero attached hydrogens (tertiary/aromatic N) is 6. The molecule has 8 nitrogen and oxygen atoms in total. The molecule has 0 spiro atoms. The van der Waals surface area contributed by atoms with Crippen LogP contribution >= 0.6 is 0 Å². The first-order valence-corrected chi connectivity index (χ1v) is 8.69. The molecule has 138 valence electrons. The maximum absolute atomic E-state index is 13.1. The summed E-state index contributed by atoms with van der Waals surface area (Å²) in [6.07, 6.45) is 7.52. The fourth-order valence-corrected chi connectivity index (χ4v) is 3.08. The summed E-state index contributed by atoms with van der Waals surface area (Å²) in [4.78, 5) is 30.3. The fourth-order valence-electron chi connectivity index (χ4n) is 3.08. The number of imidazole rings is 1. The Bertz CT molecular complexity index is 1050. The highest BCUT2D eigenvalue weighted by Crippen LogP contribution is 2.29. The van der Waals surface area contributed by atoms with E-state index in [1.54, 1.807) is 18.1 Å². The Labute approximate surface area is 151 Å². The molecule has 3 rings (SSSR count). The molecule has 0 unspecified atom stereocenters. The Morgan fingerprint density at radius 3 is 2.42 bits per heavy atom. The van der Waals surface area contributed by atoms with Crippen LogP contribution in [0, 0.1) is 0 Å². The molecule has 2 aromatic rings. The van der Waals surface area contributed by atoms with Gasteiger partial charge in [0.2, 0.25) is 5.95 Å². The normalized spacial score (nSPS) is 17.5. The molecule has 0 N–H and O–H groups in total. The highest BCUT2D eigenvalue weighted by molar-refractivity contribution is 5.91. The lowest BCUT2D eigenvalue weighted by Gasteiger charge is -2.28. The lowest BCUT2D eigenvalue weighted by atomic mass is 10.2. The van der Waals surface area contributed by atoms with E-state index in [1.807, 2.05) is 50.5 Å². The van der Waals surface area contributed by atoms with Crippen molar-refractivity contribution < 1.29 is 0 Å². The third-order valence-electron chi connectivity index (χ3n) is 4.70. The molecule has 26 heavy (non-hydrogen) atoms. The molecule has 1 aliphatic heterocycles. The van der Waals surface area contributed by atoms with Crippen molar-refractivity contribution in [2.24, 2.45) is 12.1 Å². The standard InChI is InChI=1S/C18H24N6O2/c1-6-8-10-22-16(25)14-15(21(5)18(22)26)19-17-23(11-9-7-2)20-12(3)13(4)24(14)17/h6-9,13H,10-11H2,1-5H3/b8-6+,9-7+/t13-/m1/s1. The van der Waals surface area contributed by atoms with Gasteiger partial charge in [-0.15, -0.1) is 0 Å². The summed E-state index contributed by atoms with van der Waals surface area (Å²) in [5.74, 6) is 0.576. The highest BCUT2D eigenvalue weighted by atomic mass is 16.2. The summed E-state index contributed by atoms with van der Waals surface area (Å²) >= 11 is 0. The Morgan fingerprint density at radius 2 is 1.77 bits per heavy atom. The topological polar surface area (TPSA) is 77.4 Å². The lowest BCUT2D eigenvalue weighted by Crippen LogP contribution is -2.40. The van der Waals surface area contributed by atoms with Crippen molar-refractivity contribution in [2.45, 2.75) is 40.3 Å². The number of rotatable bonds is 4. The molecule has 0 radical (unpaired) electrons. The number of allylic oxidation sites excluding steroid dienone is 3. The average molecular weight is 356 g/mol. The molecule has 3 heterocycles. The van der Waals surface area contributed by atoms with Gasteiger partial charge in [-0.3, -0.25) is 18.5 Å². The van der Waals surface area contributed by atoms with Gasteiger partial charge in [-0.25, -0.2) is 9.80 Å². The third kappa shape index (κ3) is 2.61. The van der Waals surface area contributed by atoms with Crippen LogP contribution in [-0.2, 0) is 13.6 Å². The maximum atomic E-state index is 13.1. The van der Waals surface area contributed by atoms with Crippen LogP contribution in [0.4, 0.5) is 5.95 Å². The van der Waals surface area contributed by atoms with Gasteiger partial charge < -0.3 is 0 Å². The summed E-state index contributed by atoms with van der Waals surface area (Å²) in [7, 11) is 1.64. The number of hydrazone groups is 1. The van der Waals surface area contributed by atoms with Gasteiger partial charge in [-0.1, -0.05) is 24.3 Å². The maximum Gasteiger partial charge on any atom is 0.332 e. The minimum atomic E-state index is -0.374. The summed E-state index contributed by atoms with van der Waals surface area (Å²) in [5.41, 5.74) is 0.996. The van der Waals surface area contributed by atoms with Crippen molar-refractivity contribution in [1.29, 1.82) is 0 Å². The lowest BCUT2D eigenvalue weighted by molar-refractivity contribution is 0.638. The molecule has 0 amide bonds. The highest BCUT2D eigenvalue weighted by Gasteiger charge is 2.30. The molecule has 0 fully saturated rings. The third-order valence-corrected chi connectivity index (χ3v) is 4.70. The zero-order chi connectivity index (χ0) is 19.0. The molecule has 1 aliphatic rings. The summed E-state index contributed by atoms with van der Waals surface area (Å²) in [5, 5.41) is 6.36. The number of anilines is 1. The van der Waals surface area contributed by atoms with E-state index in [0.29, 0.717) is 23.7 Å². The van der Waals surface area contributed by atoms with E-state index >= 15 is 0 Å². The van der Waals surface area contributed by atoms with Crippen LogP contribution in [0.25, 0.3) is 11.2 Å². The zero-order valence-corrected chi connectivity index (χ0v) is 15.8. The van der Waals surface area contributed by atoms with Gasteiger partial charge in [0.1, 0.15) is 0 Å². The van der Waals surface area contributed by atoms with Crippen LogP contribution in [-0.4, -0.2) is 30.9 Å². The second kappa shape index (κ2) is 6.78. The van der Waals surface area contributed by atoms with Crippen LogP contribution in [0.5, 0.6) is 0 Å². The van der Waals surface area contributed by atoms with Gasteiger partial charge in [-0.05, 0) is 27.7 Å². The molecule has 0 aliphatic carbocycles. The van der Waals surface area contributed by atoms with Crippen LogP contribution in [0.1, 0.15) is 33.7 Å². The van der Waals surface area contributed by atoms with E-state index < -0.39 is 0 Å². The molecular weight excluding hydrogens is 332 g/mol. The Morgan fingerprint density at radius 1 is 1.12 bits per heavy atom. The SMILES string of the molecule is C/C=C/CN1N=C(C)[C@@H](C)n2c1nc1c2c(=O)n(C/C=C/C)c(=O)n1C. The zero-order valence-electron chi connectivity index (χ0n) is 15.8. The van der Waals surface area contributed by atoms with E-state index in [4.69, 9.17) is 0 Å². The molecular formula is C18H24N6O2. The van der Waals surface area contributed by atoms with Crippen LogP contribution < -0.4 is 16.3 Å². The van der Waals surface area contributed by atoms with Gasteiger partial charge in [0.15, 0.2) is 11.2 Å². The molecule has 0 bridgehead atoms. The molecule has 1 atom stereocenters. The number of hydrogen-bond donors (Lipinski definition) is 0. The predicted molar refractivity (Wildman–Crippen MR) is 104 cm³/mol. The molecule has 0 aromatic carbocycles. The van der Waals surface area contributed by atoms with E-state index in [0.717, 1.165) is 5.71 Å². The smallest absolute Gasteiger partial charge is 0.294 e. The van der Waals surface area contributed by atoms with Crippen molar-refractivity contribution >= 4 is 22.8 Å². The quantitative estimate of drug-likeness (QED) is 0.783. The molecule has 8 heteroatoms. The molecule has 0 saturated heterocycles. The number of aromatic nitrogens is 4. The Balaban J connectivity index is 2.36.